The van der Waals surface area contributed by atoms with E-state index < -0.39 is 0 Å². The Balaban J connectivity index is 1.93. The quantitative estimate of drug-likeness (QED) is 0.237. The third-order valence-corrected chi connectivity index (χ3v) is 6.71. The van der Waals surface area contributed by atoms with Crippen LogP contribution in [0.2, 0.25) is 10.0 Å². The first kappa shape index (κ1) is 23.7. The first-order valence-corrected chi connectivity index (χ1v) is 11.5. The summed E-state index contributed by atoms with van der Waals surface area (Å²) < 4.78 is 12.3. The van der Waals surface area contributed by atoms with E-state index in [1.165, 1.54) is 11.8 Å². The third-order valence-electron chi connectivity index (χ3n) is 4.59. The number of ether oxygens (including phenoxy) is 2. The van der Waals surface area contributed by atoms with Crippen LogP contribution in [0.1, 0.15) is 23.6 Å². The zero-order valence-electron chi connectivity index (χ0n) is 17.1. The van der Waals surface area contributed by atoms with Crippen molar-refractivity contribution in [2.45, 2.75) is 20.0 Å². The second kappa shape index (κ2) is 10.6. The molecule has 31 heavy (non-hydrogen) atoms. The van der Waals surface area contributed by atoms with Gasteiger partial charge in [-0.1, -0.05) is 59.3 Å². The Kier molecular flexibility index (Phi) is 8.06. The number of likely N-dealkylation sites (N-methyl/N-ethyl adjacent to an activating group) is 1. The standard InChI is InChI=1S/C23H21Cl2NO3S2/c1-4-6-16-9-15(12-20-22(27)26(5-2)23(30)31-20)11-19(28-3)21(16)29-13-14-7-8-17(24)18(25)10-14/h4,7-12H,1,5-6,13H2,2-3H3/b20-12-. The molecule has 1 heterocycles. The van der Waals surface area contributed by atoms with Gasteiger partial charge in [0, 0.05) is 12.1 Å². The van der Waals surface area contributed by atoms with Crippen LogP contribution in [0.25, 0.3) is 6.08 Å². The van der Waals surface area contributed by atoms with E-state index in [1.807, 2.05) is 31.2 Å². The van der Waals surface area contributed by atoms with E-state index in [4.69, 9.17) is 44.9 Å². The normalized spacial score (nSPS) is 15.0. The maximum Gasteiger partial charge on any atom is 0.266 e. The van der Waals surface area contributed by atoms with Gasteiger partial charge in [0.2, 0.25) is 0 Å². The minimum atomic E-state index is -0.0818. The molecule has 162 valence electrons. The Morgan fingerprint density at radius 2 is 2.00 bits per heavy atom. The number of carbonyl (C=O) groups is 1. The molecule has 2 aromatic carbocycles. The third kappa shape index (κ3) is 5.44. The topological polar surface area (TPSA) is 38.8 Å². The lowest BCUT2D eigenvalue weighted by molar-refractivity contribution is -0.121. The highest BCUT2D eigenvalue weighted by molar-refractivity contribution is 8.26. The minimum Gasteiger partial charge on any atom is -0.493 e. The molecular weight excluding hydrogens is 473 g/mol. The van der Waals surface area contributed by atoms with Gasteiger partial charge in [0.05, 0.1) is 22.1 Å². The van der Waals surface area contributed by atoms with Crippen LogP contribution in [0.4, 0.5) is 0 Å². The van der Waals surface area contributed by atoms with Gasteiger partial charge in [0.1, 0.15) is 10.9 Å². The molecule has 3 rings (SSSR count). The maximum absolute atomic E-state index is 12.6. The number of amides is 1. The molecule has 0 spiro atoms. The summed E-state index contributed by atoms with van der Waals surface area (Å²) in [6.45, 7) is 6.59. The summed E-state index contributed by atoms with van der Waals surface area (Å²) in [6, 6.07) is 9.17. The Morgan fingerprint density at radius 1 is 1.23 bits per heavy atom. The summed E-state index contributed by atoms with van der Waals surface area (Å²) in [5.41, 5.74) is 2.60. The molecule has 0 radical (unpaired) electrons. The van der Waals surface area contributed by atoms with Gasteiger partial charge < -0.3 is 9.47 Å². The van der Waals surface area contributed by atoms with Gasteiger partial charge in [-0.15, -0.1) is 6.58 Å². The Hall–Kier alpha value is -1.99. The van der Waals surface area contributed by atoms with Gasteiger partial charge in [0.15, 0.2) is 11.5 Å². The van der Waals surface area contributed by atoms with Crippen LogP contribution in [0, 0.1) is 0 Å². The highest BCUT2D eigenvalue weighted by Crippen LogP contribution is 2.37. The van der Waals surface area contributed by atoms with Crippen LogP contribution >= 0.6 is 47.2 Å². The number of nitrogens with zero attached hydrogens (tertiary/aromatic N) is 1. The molecule has 0 aliphatic carbocycles. The van der Waals surface area contributed by atoms with E-state index in [1.54, 1.807) is 30.2 Å². The van der Waals surface area contributed by atoms with Gasteiger partial charge in [0.25, 0.3) is 5.91 Å². The van der Waals surface area contributed by atoms with Crippen molar-refractivity contribution < 1.29 is 14.3 Å². The smallest absolute Gasteiger partial charge is 0.266 e. The van der Waals surface area contributed by atoms with E-state index in [0.717, 1.165) is 16.7 Å². The lowest BCUT2D eigenvalue weighted by atomic mass is 10.0. The molecule has 0 N–H and O–H groups in total. The molecule has 0 unspecified atom stereocenters. The van der Waals surface area contributed by atoms with Crippen LogP contribution < -0.4 is 9.47 Å². The Morgan fingerprint density at radius 3 is 2.61 bits per heavy atom. The molecule has 0 atom stereocenters. The van der Waals surface area contributed by atoms with Gasteiger partial charge in [-0.25, -0.2) is 0 Å². The molecule has 1 amide bonds. The van der Waals surface area contributed by atoms with Crippen molar-refractivity contribution in [1.82, 2.24) is 4.90 Å². The zero-order valence-corrected chi connectivity index (χ0v) is 20.3. The summed E-state index contributed by atoms with van der Waals surface area (Å²) in [5, 5.41) is 0.967. The number of rotatable bonds is 8. The largest absolute Gasteiger partial charge is 0.493 e. The van der Waals surface area contributed by atoms with E-state index in [0.29, 0.717) is 50.3 Å². The molecule has 1 saturated heterocycles. The van der Waals surface area contributed by atoms with Crippen LogP contribution in [0.15, 0.2) is 47.9 Å². The van der Waals surface area contributed by atoms with Crippen LogP contribution in [0.5, 0.6) is 11.5 Å². The fraction of sp³-hybridized carbons (Fsp3) is 0.217. The van der Waals surface area contributed by atoms with Crippen molar-refractivity contribution in [1.29, 1.82) is 0 Å². The SMILES string of the molecule is C=CCc1cc(/C=C2\SC(=S)N(CC)C2=O)cc(OC)c1OCc1ccc(Cl)c(Cl)c1. The van der Waals surface area contributed by atoms with Gasteiger partial charge in [-0.3, -0.25) is 9.69 Å². The predicted octanol–water partition coefficient (Wildman–Crippen LogP) is 6.53. The molecule has 2 aromatic rings. The van der Waals surface area contributed by atoms with Crippen molar-refractivity contribution in [3.8, 4) is 11.5 Å². The van der Waals surface area contributed by atoms with E-state index >= 15 is 0 Å². The molecule has 1 aliphatic heterocycles. The molecule has 0 aromatic heterocycles. The van der Waals surface area contributed by atoms with Gasteiger partial charge in [-0.2, -0.15) is 0 Å². The molecular formula is C23H21Cl2NO3S2. The summed E-state index contributed by atoms with van der Waals surface area (Å²) >= 11 is 18.7. The first-order valence-electron chi connectivity index (χ1n) is 9.51. The average Bonchev–Trinajstić information content (AvgIpc) is 3.01. The van der Waals surface area contributed by atoms with Crippen molar-refractivity contribution in [2.75, 3.05) is 13.7 Å². The number of benzene rings is 2. The number of thioether (sulfide) groups is 1. The number of carbonyl (C=O) groups excluding carboxylic acids is 1. The summed E-state index contributed by atoms with van der Waals surface area (Å²) in [5.74, 6) is 1.10. The lowest BCUT2D eigenvalue weighted by Gasteiger charge is -2.16. The number of hydrogen-bond acceptors (Lipinski definition) is 5. The Bertz CT molecular complexity index is 1070. The van der Waals surface area contributed by atoms with Crippen LogP contribution in [-0.2, 0) is 17.8 Å². The first-order chi connectivity index (χ1) is 14.9. The maximum atomic E-state index is 12.6. The molecule has 1 fully saturated rings. The summed E-state index contributed by atoms with van der Waals surface area (Å²) in [4.78, 5) is 14.7. The summed E-state index contributed by atoms with van der Waals surface area (Å²) in [6.07, 6.45) is 4.19. The van der Waals surface area contributed by atoms with Gasteiger partial charge >= 0.3 is 0 Å². The number of thiocarbonyl (C=S) groups is 1. The minimum absolute atomic E-state index is 0.0818. The highest BCUT2D eigenvalue weighted by atomic mass is 35.5. The van der Waals surface area contributed by atoms with E-state index in [2.05, 4.69) is 6.58 Å². The van der Waals surface area contributed by atoms with E-state index in [-0.39, 0.29) is 5.91 Å². The second-order valence-corrected chi connectivity index (χ2v) is 9.16. The average molecular weight is 494 g/mol. The van der Waals surface area contributed by atoms with Crippen molar-refractivity contribution in [3.63, 3.8) is 0 Å². The fourth-order valence-electron chi connectivity index (χ4n) is 3.10. The van der Waals surface area contributed by atoms with Crippen molar-refractivity contribution in [2.24, 2.45) is 0 Å². The van der Waals surface area contributed by atoms with Gasteiger partial charge in [-0.05, 0) is 54.8 Å². The van der Waals surface area contributed by atoms with Crippen molar-refractivity contribution in [3.05, 3.63) is 74.6 Å². The molecule has 8 heteroatoms. The number of hydrogen-bond donors (Lipinski definition) is 0. The van der Waals surface area contributed by atoms with Crippen LogP contribution in [-0.4, -0.2) is 28.8 Å². The number of halogens is 2. The fourth-order valence-corrected chi connectivity index (χ4v) is 4.80. The number of methoxy groups -OCH3 is 1. The highest BCUT2D eigenvalue weighted by Gasteiger charge is 2.30. The molecule has 0 bridgehead atoms. The van der Waals surface area contributed by atoms with Crippen LogP contribution in [0.3, 0.4) is 0 Å². The predicted molar refractivity (Wildman–Crippen MR) is 133 cm³/mol. The monoisotopic (exact) mass is 493 g/mol. The lowest BCUT2D eigenvalue weighted by Crippen LogP contribution is -2.27. The number of allylic oxidation sites excluding steroid dienone is 1. The Labute approximate surface area is 201 Å². The van der Waals surface area contributed by atoms with Crippen molar-refractivity contribution >= 4 is 63.5 Å². The van der Waals surface area contributed by atoms with E-state index in [9.17, 15) is 4.79 Å². The zero-order chi connectivity index (χ0) is 22.5. The molecule has 0 saturated carbocycles. The molecule has 1 aliphatic rings. The molecule has 4 nitrogen and oxygen atoms in total. The second-order valence-electron chi connectivity index (χ2n) is 6.67. The summed E-state index contributed by atoms with van der Waals surface area (Å²) in [7, 11) is 1.58.